The predicted octanol–water partition coefficient (Wildman–Crippen LogP) is 0.992. The van der Waals surface area contributed by atoms with Gasteiger partial charge in [0.25, 0.3) is 26.7 Å². The van der Waals surface area contributed by atoms with Crippen molar-refractivity contribution in [2.75, 3.05) is 0 Å². The molecule has 33 heavy (non-hydrogen) atoms. The minimum absolute atomic E-state index is 0.0996. The predicted molar refractivity (Wildman–Crippen MR) is 111 cm³/mol. The number of aliphatic hydroxyl groups excluding tert-OH is 1. The van der Waals surface area contributed by atoms with Crippen molar-refractivity contribution in [3.05, 3.63) is 59.7 Å². The minimum Gasteiger partial charge on any atom is -0.387 e. The highest BCUT2D eigenvalue weighted by atomic mass is 32.2. The lowest BCUT2D eigenvalue weighted by Gasteiger charge is -2.56. The van der Waals surface area contributed by atoms with E-state index in [1.807, 2.05) is 13.8 Å². The molecule has 2 aromatic carbocycles. The molecule has 4 atom stereocenters. The van der Waals surface area contributed by atoms with Gasteiger partial charge in [0.2, 0.25) is 0 Å². The van der Waals surface area contributed by atoms with E-state index in [9.17, 15) is 21.9 Å². The fraction of sp³-hybridized carbons (Fsp3) is 0.429. The van der Waals surface area contributed by atoms with Crippen molar-refractivity contribution in [1.29, 1.82) is 0 Å². The summed E-state index contributed by atoms with van der Waals surface area (Å²) in [6.07, 6.45) is -7.54. The highest BCUT2D eigenvalue weighted by Gasteiger charge is 2.64. The summed E-state index contributed by atoms with van der Waals surface area (Å²) in [4.78, 5) is -0.199. The van der Waals surface area contributed by atoms with E-state index < -0.39 is 63.3 Å². The second-order valence-electron chi connectivity index (χ2n) is 8.24. The zero-order chi connectivity index (χ0) is 23.5. The van der Waals surface area contributed by atoms with Crippen LogP contribution in [0, 0.1) is 13.8 Å². The highest BCUT2D eigenvalue weighted by molar-refractivity contribution is 7.87. The van der Waals surface area contributed by atoms with Crippen LogP contribution >= 0.6 is 0 Å². The van der Waals surface area contributed by atoms with Crippen LogP contribution in [0.15, 0.2) is 58.3 Å². The van der Waals surface area contributed by atoms with Crippen LogP contribution in [0.3, 0.4) is 0 Å². The van der Waals surface area contributed by atoms with Gasteiger partial charge in [-0.05, 0) is 38.1 Å². The smallest absolute Gasteiger partial charge is 0.297 e. The molecule has 1 saturated carbocycles. The Kier molecular flexibility index (Phi) is 5.61. The molecular weight excluding hydrogens is 476 g/mol. The number of ether oxygens (including phenoxy) is 3. The first-order valence-corrected chi connectivity index (χ1v) is 13.0. The molecule has 3 aliphatic heterocycles. The monoisotopic (exact) mass is 498 g/mol. The van der Waals surface area contributed by atoms with Crippen molar-refractivity contribution in [3.63, 3.8) is 0 Å². The lowest BCUT2D eigenvalue weighted by atomic mass is 9.83. The standard InChI is InChI=1S/C21H22O10S2/c1-11-3-7-13(8-4-11)32(23,24)30-19-16-15(22)17-20(18(19)29-21(27-16)28-17)31-33(25,26)14-9-5-12(2)6-10-14/h3-10,15-22H,1-2H3. The lowest BCUT2D eigenvalue weighted by Crippen LogP contribution is -2.76. The Morgan fingerprint density at radius 1 is 0.667 bits per heavy atom. The quantitative estimate of drug-likeness (QED) is 0.575. The Bertz CT molecular complexity index is 1150. The van der Waals surface area contributed by atoms with Gasteiger partial charge in [0, 0.05) is 0 Å². The molecule has 0 amide bonds. The molecule has 6 rings (SSSR count). The van der Waals surface area contributed by atoms with Gasteiger partial charge in [0.1, 0.15) is 36.6 Å². The summed E-state index contributed by atoms with van der Waals surface area (Å²) in [5.74, 6) is 0. The summed E-state index contributed by atoms with van der Waals surface area (Å²) in [5.41, 5.74) is 1.72. The third-order valence-corrected chi connectivity index (χ3v) is 8.52. The topological polar surface area (TPSA) is 135 Å². The maximum absolute atomic E-state index is 12.9. The van der Waals surface area contributed by atoms with Crippen LogP contribution in [-0.4, -0.2) is 65.0 Å². The molecule has 10 nitrogen and oxygen atoms in total. The van der Waals surface area contributed by atoms with Crippen molar-refractivity contribution in [3.8, 4) is 0 Å². The summed E-state index contributed by atoms with van der Waals surface area (Å²) < 4.78 is 78.8. The van der Waals surface area contributed by atoms with Gasteiger partial charge < -0.3 is 19.3 Å². The summed E-state index contributed by atoms with van der Waals surface area (Å²) in [5, 5.41) is 10.7. The van der Waals surface area contributed by atoms with Crippen LogP contribution in [0.4, 0.5) is 0 Å². The van der Waals surface area contributed by atoms with Crippen LogP contribution in [0.25, 0.3) is 0 Å². The summed E-state index contributed by atoms with van der Waals surface area (Å²) in [6, 6.07) is 12.0. The average molecular weight is 499 g/mol. The largest absolute Gasteiger partial charge is 0.387 e. The second-order valence-corrected chi connectivity index (χ2v) is 11.4. The number of hydrogen-bond acceptors (Lipinski definition) is 10. The van der Waals surface area contributed by atoms with E-state index in [4.69, 9.17) is 22.6 Å². The van der Waals surface area contributed by atoms with E-state index in [1.54, 1.807) is 24.3 Å². The van der Waals surface area contributed by atoms with E-state index in [-0.39, 0.29) is 9.79 Å². The zero-order valence-corrected chi connectivity index (χ0v) is 19.2. The van der Waals surface area contributed by atoms with Crippen molar-refractivity contribution in [2.45, 2.75) is 66.7 Å². The highest BCUT2D eigenvalue weighted by Crippen LogP contribution is 2.44. The van der Waals surface area contributed by atoms with Crippen molar-refractivity contribution in [1.82, 2.24) is 0 Å². The molecule has 3 saturated heterocycles. The Morgan fingerprint density at radius 2 is 1.03 bits per heavy atom. The Labute approximate surface area is 191 Å². The first kappa shape index (κ1) is 22.9. The molecule has 3 heterocycles. The normalized spacial score (nSPS) is 33.4. The van der Waals surface area contributed by atoms with E-state index >= 15 is 0 Å². The van der Waals surface area contributed by atoms with Crippen LogP contribution in [0.5, 0.6) is 0 Å². The summed E-state index contributed by atoms with van der Waals surface area (Å²) >= 11 is 0. The van der Waals surface area contributed by atoms with Crippen LogP contribution < -0.4 is 0 Å². The molecule has 1 N–H and O–H groups in total. The molecule has 1 aliphatic carbocycles. The van der Waals surface area contributed by atoms with E-state index in [0.29, 0.717) is 0 Å². The van der Waals surface area contributed by atoms with Crippen molar-refractivity contribution in [2.24, 2.45) is 0 Å². The van der Waals surface area contributed by atoms with Gasteiger partial charge in [-0.25, -0.2) is 0 Å². The number of aliphatic hydroxyl groups is 1. The molecule has 0 aromatic heterocycles. The van der Waals surface area contributed by atoms with E-state index in [0.717, 1.165) is 11.1 Å². The molecule has 4 aliphatic rings. The first-order valence-electron chi connectivity index (χ1n) is 10.2. The van der Waals surface area contributed by atoms with E-state index in [2.05, 4.69) is 0 Å². The fourth-order valence-corrected chi connectivity index (χ4v) is 6.31. The Balaban J connectivity index is 1.44. The van der Waals surface area contributed by atoms with Gasteiger partial charge >= 0.3 is 0 Å². The van der Waals surface area contributed by atoms with Gasteiger partial charge in [0.15, 0.2) is 0 Å². The average Bonchev–Trinajstić information content (AvgIpc) is 2.76. The molecule has 2 aromatic rings. The maximum Gasteiger partial charge on any atom is 0.297 e. The fourth-order valence-electron chi connectivity index (χ4n) is 4.12. The Hall–Kier alpha value is -1.90. The molecule has 178 valence electrons. The maximum atomic E-state index is 12.9. The molecular formula is C21H22O10S2. The van der Waals surface area contributed by atoms with Crippen LogP contribution in [0.2, 0.25) is 0 Å². The van der Waals surface area contributed by atoms with Crippen molar-refractivity contribution >= 4 is 20.2 Å². The molecule has 4 fully saturated rings. The van der Waals surface area contributed by atoms with Gasteiger partial charge in [-0.2, -0.15) is 16.8 Å². The van der Waals surface area contributed by atoms with Crippen LogP contribution in [-0.2, 0) is 42.8 Å². The molecule has 0 spiro atoms. The third-order valence-electron chi connectivity index (χ3n) is 5.87. The molecule has 4 unspecified atom stereocenters. The molecule has 4 bridgehead atoms. The van der Waals surface area contributed by atoms with Crippen LogP contribution in [0.1, 0.15) is 11.1 Å². The van der Waals surface area contributed by atoms with E-state index in [1.165, 1.54) is 24.3 Å². The first-order chi connectivity index (χ1) is 15.5. The zero-order valence-electron chi connectivity index (χ0n) is 17.6. The van der Waals surface area contributed by atoms with Gasteiger partial charge in [-0.1, -0.05) is 35.4 Å². The second kappa shape index (κ2) is 8.10. The molecule has 0 radical (unpaired) electrons. The number of aryl methyl sites for hydroxylation is 2. The minimum atomic E-state index is -4.29. The number of benzene rings is 2. The number of rotatable bonds is 6. The lowest BCUT2D eigenvalue weighted by molar-refractivity contribution is -0.476. The Morgan fingerprint density at radius 3 is 1.42 bits per heavy atom. The van der Waals surface area contributed by atoms with Gasteiger partial charge in [-0.15, -0.1) is 0 Å². The third kappa shape index (κ3) is 4.10. The summed E-state index contributed by atoms with van der Waals surface area (Å²) in [7, 11) is -8.57. The van der Waals surface area contributed by atoms with Crippen molar-refractivity contribution < 1.29 is 44.5 Å². The summed E-state index contributed by atoms with van der Waals surface area (Å²) in [6.45, 7) is 2.42. The number of hydrogen-bond donors (Lipinski definition) is 1. The molecule has 12 heteroatoms. The SMILES string of the molecule is Cc1ccc(S(=O)(=O)OC2C3OC4OC(C3O)C(OS(=O)(=O)c3ccc(C)cc3)C2O4)cc1. The van der Waals surface area contributed by atoms with Gasteiger partial charge in [-0.3, -0.25) is 8.37 Å². The van der Waals surface area contributed by atoms with Gasteiger partial charge in [0.05, 0.1) is 9.79 Å².